The van der Waals surface area contributed by atoms with Crippen LogP contribution in [0.5, 0.6) is 5.75 Å². The number of hydrogen-bond acceptors (Lipinski definition) is 5. The van der Waals surface area contributed by atoms with E-state index in [0.29, 0.717) is 23.6 Å². The average molecular weight is 342 g/mol. The lowest BCUT2D eigenvalue weighted by molar-refractivity contribution is 0.0927. The third-order valence-corrected chi connectivity index (χ3v) is 4.42. The first-order valence-electron chi connectivity index (χ1n) is 8.28. The van der Waals surface area contributed by atoms with Crippen LogP contribution in [-0.2, 0) is 6.42 Å². The molecule has 2 heterocycles. The number of methoxy groups -OCH3 is 1. The molecule has 0 aliphatic heterocycles. The van der Waals surface area contributed by atoms with Crippen LogP contribution in [0.2, 0.25) is 0 Å². The van der Waals surface area contributed by atoms with Crippen molar-refractivity contribution < 1.29 is 18.5 Å². The van der Waals surface area contributed by atoms with Gasteiger partial charge in [-0.2, -0.15) is 0 Å². The first-order valence-corrected chi connectivity index (χ1v) is 8.28. The zero-order chi connectivity index (χ0) is 18.0. The van der Waals surface area contributed by atoms with E-state index in [4.69, 9.17) is 13.7 Å². The summed E-state index contributed by atoms with van der Waals surface area (Å²) >= 11 is 0. The summed E-state index contributed by atoms with van der Waals surface area (Å²) in [5, 5.41) is 7.77. The molecule has 0 bridgehead atoms. The number of furan rings is 1. The Kier molecular flexibility index (Phi) is 4.79. The number of carbonyl (C=O) groups excluding carboxylic acids is 1. The highest BCUT2D eigenvalue weighted by molar-refractivity contribution is 5.99. The van der Waals surface area contributed by atoms with Gasteiger partial charge >= 0.3 is 0 Å². The number of hydrogen-bond donors (Lipinski definition) is 1. The molecule has 6 nitrogen and oxygen atoms in total. The lowest BCUT2D eigenvalue weighted by Gasteiger charge is -2.04. The summed E-state index contributed by atoms with van der Waals surface area (Å²) in [4.78, 5) is 12.4. The molecule has 25 heavy (non-hydrogen) atoms. The molecular formula is C19H22N2O4. The molecule has 6 heteroatoms. The van der Waals surface area contributed by atoms with Crippen LogP contribution >= 0.6 is 0 Å². The van der Waals surface area contributed by atoms with Crippen LogP contribution in [0, 0.1) is 20.8 Å². The maximum Gasteiger partial charge on any atom is 0.287 e. The van der Waals surface area contributed by atoms with Gasteiger partial charge in [0.15, 0.2) is 5.76 Å². The summed E-state index contributed by atoms with van der Waals surface area (Å²) in [6, 6.07) is 5.55. The molecule has 0 saturated carbocycles. The van der Waals surface area contributed by atoms with Gasteiger partial charge in [0.05, 0.1) is 12.8 Å². The van der Waals surface area contributed by atoms with Crippen molar-refractivity contribution in [3.8, 4) is 5.75 Å². The molecule has 0 saturated heterocycles. The molecule has 3 rings (SSSR count). The van der Waals surface area contributed by atoms with Crippen molar-refractivity contribution in [2.75, 3.05) is 13.7 Å². The van der Waals surface area contributed by atoms with E-state index in [1.807, 2.05) is 32.9 Å². The third kappa shape index (κ3) is 3.38. The van der Waals surface area contributed by atoms with E-state index >= 15 is 0 Å². The Balaban J connectivity index is 1.63. The fourth-order valence-corrected chi connectivity index (χ4v) is 2.96. The van der Waals surface area contributed by atoms with Crippen LogP contribution in [-0.4, -0.2) is 24.7 Å². The van der Waals surface area contributed by atoms with Crippen LogP contribution in [0.3, 0.4) is 0 Å². The van der Waals surface area contributed by atoms with Crippen molar-refractivity contribution in [3.63, 3.8) is 0 Å². The number of ether oxygens (including phenoxy) is 1. The minimum Gasteiger partial charge on any atom is -0.497 e. The minimum atomic E-state index is -0.202. The standard InChI is InChI=1S/C19H22N2O4/c1-11-15-8-7-14(23-4)10-17(15)24-18(11)19(22)20-9-5-6-16-12(2)21-25-13(16)3/h7-8,10H,5-6,9H2,1-4H3,(H,20,22). The maximum absolute atomic E-state index is 12.4. The Bertz CT molecular complexity index is 888. The van der Waals surface area contributed by atoms with Crippen LogP contribution in [0.15, 0.2) is 27.1 Å². The van der Waals surface area contributed by atoms with Crippen molar-refractivity contribution in [2.24, 2.45) is 0 Å². The topological polar surface area (TPSA) is 77.5 Å². The monoisotopic (exact) mass is 342 g/mol. The number of nitrogens with zero attached hydrogens (tertiary/aromatic N) is 1. The Morgan fingerprint density at radius 2 is 2.08 bits per heavy atom. The predicted octanol–water partition coefficient (Wildman–Crippen LogP) is 3.72. The van der Waals surface area contributed by atoms with Crippen molar-refractivity contribution in [2.45, 2.75) is 33.6 Å². The molecule has 1 amide bonds. The normalized spacial score (nSPS) is 11.0. The second kappa shape index (κ2) is 7.01. The van der Waals surface area contributed by atoms with Crippen molar-refractivity contribution in [1.82, 2.24) is 10.5 Å². The molecule has 132 valence electrons. The van der Waals surface area contributed by atoms with E-state index in [0.717, 1.165) is 40.8 Å². The Hall–Kier alpha value is -2.76. The van der Waals surface area contributed by atoms with Crippen LogP contribution in [0.4, 0.5) is 0 Å². The number of benzene rings is 1. The molecule has 1 aromatic carbocycles. The average Bonchev–Trinajstić information content (AvgIpc) is 3.11. The van der Waals surface area contributed by atoms with Gasteiger partial charge in [-0.15, -0.1) is 0 Å². The summed E-state index contributed by atoms with van der Waals surface area (Å²) < 4.78 is 16.1. The van der Waals surface area contributed by atoms with Gasteiger partial charge in [0.25, 0.3) is 5.91 Å². The summed E-state index contributed by atoms with van der Waals surface area (Å²) in [5.41, 5.74) is 3.51. The number of aromatic nitrogens is 1. The molecule has 0 aliphatic rings. The molecular weight excluding hydrogens is 320 g/mol. The van der Waals surface area contributed by atoms with Crippen molar-refractivity contribution in [3.05, 3.63) is 46.5 Å². The van der Waals surface area contributed by atoms with Crippen LogP contribution in [0.25, 0.3) is 11.0 Å². The number of amides is 1. The summed E-state index contributed by atoms with van der Waals surface area (Å²) in [6.07, 6.45) is 1.62. The molecule has 0 fully saturated rings. The quantitative estimate of drug-likeness (QED) is 0.691. The van der Waals surface area contributed by atoms with E-state index < -0.39 is 0 Å². The molecule has 2 aromatic heterocycles. The molecule has 0 aliphatic carbocycles. The highest BCUT2D eigenvalue weighted by Crippen LogP contribution is 2.28. The molecule has 3 aromatic rings. The summed E-state index contributed by atoms with van der Waals surface area (Å²) in [6.45, 7) is 6.27. The highest BCUT2D eigenvalue weighted by Gasteiger charge is 2.18. The Labute approximate surface area is 146 Å². The van der Waals surface area contributed by atoms with E-state index in [9.17, 15) is 4.79 Å². The second-order valence-electron chi connectivity index (χ2n) is 6.08. The lowest BCUT2D eigenvalue weighted by atomic mass is 10.1. The fraction of sp³-hybridized carbons (Fsp3) is 0.368. The van der Waals surface area contributed by atoms with Crippen molar-refractivity contribution >= 4 is 16.9 Å². The Morgan fingerprint density at radius 1 is 1.28 bits per heavy atom. The van der Waals surface area contributed by atoms with Gasteiger partial charge in [0.1, 0.15) is 17.1 Å². The first-order chi connectivity index (χ1) is 12.0. The summed E-state index contributed by atoms with van der Waals surface area (Å²) in [5.74, 6) is 1.69. The van der Waals surface area contributed by atoms with E-state index in [-0.39, 0.29) is 5.91 Å². The number of nitrogens with one attached hydrogen (secondary N) is 1. The van der Waals surface area contributed by atoms with E-state index in [2.05, 4.69) is 10.5 Å². The maximum atomic E-state index is 12.4. The number of aryl methyl sites for hydroxylation is 3. The molecule has 0 spiro atoms. The van der Waals surface area contributed by atoms with Crippen molar-refractivity contribution in [1.29, 1.82) is 0 Å². The van der Waals surface area contributed by atoms with Crippen LogP contribution in [0.1, 0.15) is 39.6 Å². The number of rotatable bonds is 6. The van der Waals surface area contributed by atoms with Gasteiger partial charge in [-0.25, -0.2) is 0 Å². The number of carbonyl (C=O) groups is 1. The zero-order valence-electron chi connectivity index (χ0n) is 14.9. The zero-order valence-corrected chi connectivity index (χ0v) is 14.9. The first kappa shape index (κ1) is 17.1. The van der Waals surface area contributed by atoms with E-state index in [1.54, 1.807) is 13.2 Å². The molecule has 0 radical (unpaired) electrons. The molecule has 0 unspecified atom stereocenters. The Morgan fingerprint density at radius 3 is 2.76 bits per heavy atom. The van der Waals surface area contributed by atoms with Gasteiger partial charge in [-0.05, 0) is 45.7 Å². The van der Waals surface area contributed by atoms with Gasteiger partial charge in [0.2, 0.25) is 0 Å². The third-order valence-electron chi connectivity index (χ3n) is 4.42. The minimum absolute atomic E-state index is 0.202. The van der Waals surface area contributed by atoms with Crippen LogP contribution < -0.4 is 10.1 Å². The molecule has 1 N–H and O–H groups in total. The largest absolute Gasteiger partial charge is 0.497 e. The second-order valence-corrected chi connectivity index (χ2v) is 6.08. The van der Waals surface area contributed by atoms with Gasteiger partial charge in [-0.1, -0.05) is 5.16 Å². The molecule has 0 atom stereocenters. The lowest BCUT2D eigenvalue weighted by Crippen LogP contribution is -2.25. The number of fused-ring (bicyclic) bond motifs is 1. The SMILES string of the molecule is COc1ccc2c(C)c(C(=O)NCCCc3c(C)noc3C)oc2c1. The van der Waals surface area contributed by atoms with Gasteiger partial charge in [-0.3, -0.25) is 4.79 Å². The highest BCUT2D eigenvalue weighted by atomic mass is 16.5. The van der Waals surface area contributed by atoms with Gasteiger partial charge in [0, 0.05) is 29.1 Å². The predicted molar refractivity (Wildman–Crippen MR) is 94.1 cm³/mol. The van der Waals surface area contributed by atoms with E-state index in [1.165, 1.54) is 0 Å². The fourth-order valence-electron chi connectivity index (χ4n) is 2.96. The smallest absolute Gasteiger partial charge is 0.287 e. The summed E-state index contributed by atoms with van der Waals surface area (Å²) in [7, 11) is 1.60. The van der Waals surface area contributed by atoms with Gasteiger partial charge < -0.3 is 19.0 Å².